The molecule has 5 nitrogen and oxygen atoms in total. The fourth-order valence-corrected chi connectivity index (χ4v) is 4.06. The van der Waals surface area contributed by atoms with Gasteiger partial charge in [0, 0.05) is 0 Å². The summed E-state index contributed by atoms with van der Waals surface area (Å²) < 4.78 is 24.2. The second kappa shape index (κ2) is 3.82. The zero-order valence-corrected chi connectivity index (χ0v) is 9.72. The van der Waals surface area contributed by atoms with Crippen molar-refractivity contribution in [2.75, 3.05) is 6.61 Å². The maximum Gasteiger partial charge on any atom is 0.313 e. The van der Waals surface area contributed by atoms with E-state index in [9.17, 15) is 13.2 Å². The largest absolute Gasteiger partial charge is 0.481 e. The van der Waals surface area contributed by atoms with Gasteiger partial charge >= 0.3 is 5.97 Å². The zero-order valence-electron chi connectivity index (χ0n) is 8.91. The molecule has 0 aromatic heterocycles. The van der Waals surface area contributed by atoms with Gasteiger partial charge < -0.3 is 10.2 Å². The molecule has 92 valence electrons. The van der Waals surface area contributed by atoms with Crippen LogP contribution in [0.4, 0.5) is 0 Å². The Hall–Kier alpha value is -1.40. The quantitative estimate of drug-likeness (QED) is 0.808. The highest BCUT2D eigenvalue weighted by atomic mass is 32.2. The molecule has 2 N–H and O–H groups in total. The summed E-state index contributed by atoms with van der Waals surface area (Å²) in [7, 11) is -3.67. The molecule has 2 atom stereocenters. The van der Waals surface area contributed by atoms with E-state index in [4.69, 9.17) is 10.2 Å². The van der Waals surface area contributed by atoms with Crippen molar-refractivity contribution in [2.45, 2.75) is 16.6 Å². The van der Waals surface area contributed by atoms with Gasteiger partial charge in [0.25, 0.3) is 0 Å². The number of aliphatic hydroxyl groups excluding tert-OH is 1. The van der Waals surface area contributed by atoms with Crippen LogP contribution in [0, 0.1) is 5.41 Å². The Morgan fingerprint density at radius 2 is 1.94 bits per heavy atom. The van der Waals surface area contributed by atoms with Crippen molar-refractivity contribution in [1.29, 1.82) is 0 Å². The third-order valence-corrected chi connectivity index (χ3v) is 5.46. The molecule has 2 rings (SSSR count). The Balaban J connectivity index is 2.36. The van der Waals surface area contributed by atoms with Gasteiger partial charge in [0.1, 0.15) is 5.41 Å². The van der Waals surface area contributed by atoms with Crippen LogP contribution in [-0.2, 0) is 14.6 Å². The minimum atomic E-state index is -3.67. The van der Waals surface area contributed by atoms with E-state index in [1.54, 1.807) is 18.2 Å². The zero-order chi connectivity index (χ0) is 12.7. The molecule has 2 unspecified atom stereocenters. The number of aliphatic hydroxyl groups is 1. The van der Waals surface area contributed by atoms with Crippen molar-refractivity contribution >= 4 is 15.8 Å². The summed E-state index contributed by atoms with van der Waals surface area (Å²) in [6, 6.07) is 7.70. The molecule has 1 aromatic rings. The normalized spacial score (nSPS) is 27.7. The molecule has 0 spiro atoms. The molecule has 1 saturated carbocycles. The van der Waals surface area contributed by atoms with Crippen molar-refractivity contribution < 1.29 is 23.4 Å². The maximum absolute atomic E-state index is 12.1. The topological polar surface area (TPSA) is 91.7 Å². The average molecular weight is 256 g/mol. The monoisotopic (exact) mass is 256 g/mol. The number of carboxylic acids is 1. The molecule has 0 amide bonds. The molecule has 6 heteroatoms. The van der Waals surface area contributed by atoms with E-state index in [1.807, 2.05) is 0 Å². The molecule has 17 heavy (non-hydrogen) atoms. The molecule has 1 fully saturated rings. The van der Waals surface area contributed by atoms with E-state index in [0.717, 1.165) is 0 Å². The van der Waals surface area contributed by atoms with Gasteiger partial charge in [-0.1, -0.05) is 18.2 Å². The summed E-state index contributed by atoms with van der Waals surface area (Å²) in [5.41, 5.74) is -1.52. The summed E-state index contributed by atoms with van der Waals surface area (Å²) >= 11 is 0. The lowest BCUT2D eigenvalue weighted by Gasteiger charge is -2.09. The van der Waals surface area contributed by atoms with Crippen LogP contribution in [0.2, 0.25) is 0 Å². The molecule has 1 aromatic carbocycles. The number of hydrogen-bond acceptors (Lipinski definition) is 4. The molecule has 1 aliphatic carbocycles. The second-order valence-electron chi connectivity index (χ2n) is 4.17. The number of rotatable bonds is 4. The predicted molar refractivity (Wildman–Crippen MR) is 59.2 cm³/mol. The van der Waals surface area contributed by atoms with Crippen molar-refractivity contribution in [3.8, 4) is 0 Å². The minimum Gasteiger partial charge on any atom is -0.481 e. The highest BCUT2D eigenvalue weighted by Crippen LogP contribution is 2.52. The van der Waals surface area contributed by atoms with Gasteiger partial charge in [0.15, 0.2) is 9.84 Å². The molecule has 1 aliphatic rings. The molecule has 0 heterocycles. The standard InChI is InChI=1S/C11H12O5S/c12-7-11(10(13)14)6-9(11)17(15,16)8-4-2-1-3-5-8/h1-5,9,12H,6-7H2,(H,13,14). The molecule has 0 aliphatic heterocycles. The first-order valence-corrected chi connectivity index (χ1v) is 6.63. The number of benzene rings is 1. The van der Waals surface area contributed by atoms with Crippen LogP contribution in [0.15, 0.2) is 35.2 Å². The smallest absolute Gasteiger partial charge is 0.313 e. The fourth-order valence-electron chi connectivity index (χ4n) is 1.91. The Kier molecular flexibility index (Phi) is 2.71. The van der Waals surface area contributed by atoms with Crippen molar-refractivity contribution in [1.82, 2.24) is 0 Å². The van der Waals surface area contributed by atoms with Crippen LogP contribution in [0.1, 0.15) is 6.42 Å². The Bertz CT molecular complexity index is 536. The van der Waals surface area contributed by atoms with Gasteiger partial charge in [0.05, 0.1) is 16.8 Å². The molecule has 0 radical (unpaired) electrons. The van der Waals surface area contributed by atoms with Crippen LogP contribution in [0.25, 0.3) is 0 Å². The number of sulfone groups is 1. The molecule has 0 saturated heterocycles. The number of carboxylic acid groups (broad SMARTS) is 1. The van der Waals surface area contributed by atoms with Crippen LogP contribution in [0.3, 0.4) is 0 Å². The van der Waals surface area contributed by atoms with Gasteiger partial charge in [-0.3, -0.25) is 4.79 Å². The number of aliphatic carboxylic acids is 1. The van der Waals surface area contributed by atoms with Crippen molar-refractivity contribution in [2.24, 2.45) is 5.41 Å². The van der Waals surface area contributed by atoms with Gasteiger partial charge in [-0.15, -0.1) is 0 Å². The van der Waals surface area contributed by atoms with Crippen LogP contribution >= 0.6 is 0 Å². The SMILES string of the molecule is O=C(O)C1(CO)CC1S(=O)(=O)c1ccccc1. The first-order valence-electron chi connectivity index (χ1n) is 5.08. The predicted octanol–water partition coefficient (Wildman–Crippen LogP) is 0.296. The van der Waals surface area contributed by atoms with E-state index in [-0.39, 0.29) is 11.3 Å². The van der Waals surface area contributed by atoms with Crippen molar-refractivity contribution in [3.63, 3.8) is 0 Å². The van der Waals surface area contributed by atoms with Gasteiger partial charge in [-0.2, -0.15) is 0 Å². The molecule has 0 bridgehead atoms. The number of carbonyl (C=O) groups is 1. The fraction of sp³-hybridized carbons (Fsp3) is 0.364. The van der Waals surface area contributed by atoms with E-state index in [2.05, 4.69) is 0 Å². The van der Waals surface area contributed by atoms with E-state index < -0.39 is 33.1 Å². The Morgan fingerprint density at radius 3 is 2.35 bits per heavy atom. The lowest BCUT2D eigenvalue weighted by atomic mass is 10.1. The molecular formula is C11H12O5S. The highest BCUT2D eigenvalue weighted by Gasteiger charge is 2.66. The van der Waals surface area contributed by atoms with Gasteiger partial charge in [0.2, 0.25) is 0 Å². The third-order valence-electron chi connectivity index (χ3n) is 3.16. The van der Waals surface area contributed by atoms with E-state index in [1.165, 1.54) is 12.1 Å². The summed E-state index contributed by atoms with van der Waals surface area (Å²) in [5, 5.41) is 17.0. The summed E-state index contributed by atoms with van der Waals surface area (Å²) in [4.78, 5) is 11.1. The Labute approximate surface area is 98.6 Å². The minimum absolute atomic E-state index is 0.0317. The maximum atomic E-state index is 12.1. The van der Waals surface area contributed by atoms with Gasteiger partial charge in [-0.25, -0.2) is 8.42 Å². The summed E-state index contributed by atoms with van der Waals surface area (Å²) in [6.45, 7) is -0.654. The van der Waals surface area contributed by atoms with E-state index in [0.29, 0.717) is 0 Å². The second-order valence-corrected chi connectivity index (χ2v) is 6.30. The molecular weight excluding hydrogens is 244 g/mol. The first-order chi connectivity index (χ1) is 7.95. The highest BCUT2D eigenvalue weighted by molar-refractivity contribution is 7.92. The van der Waals surface area contributed by atoms with Crippen LogP contribution in [0.5, 0.6) is 0 Å². The lowest BCUT2D eigenvalue weighted by molar-refractivity contribution is -0.144. The average Bonchev–Trinajstić information content (AvgIpc) is 3.07. The first kappa shape index (κ1) is 12.1. The van der Waals surface area contributed by atoms with Crippen LogP contribution in [-0.4, -0.2) is 36.5 Å². The van der Waals surface area contributed by atoms with E-state index >= 15 is 0 Å². The van der Waals surface area contributed by atoms with Crippen molar-refractivity contribution in [3.05, 3.63) is 30.3 Å². The summed E-state index contributed by atoms with van der Waals surface area (Å²) in [5.74, 6) is -1.26. The third kappa shape index (κ3) is 1.73. The van der Waals surface area contributed by atoms with Gasteiger partial charge in [-0.05, 0) is 18.6 Å². The summed E-state index contributed by atoms with van der Waals surface area (Å²) in [6.07, 6.45) is -0.0317. The number of hydrogen-bond donors (Lipinski definition) is 2. The Morgan fingerprint density at radius 1 is 1.35 bits per heavy atom. The van der Waals surface area contributed by atoms with Crippen LogP contribution < -0.4 is 0 Å². The lowest BCUT2D eigenvalue weighted by Crippen LogP contribution is -2.27.